The van der Waals surface area contributed by atoms with Gasteiger partial charge in [-0.15, -0.1) is 0 Å². The summed E-state index contributed by atoms with van der Waals surface area (Å²) in [6, 6.07) is 0. The van der Waals surface area contributed by atoms with E-state index in [2.05, 4.69) is 4.99 Å². The molecule has 2 fully saturated rings. The highest BCUT2D eigenvalue weighted by molar-refractivity contribution is 7.89. The van der Waals surface area contributed by atoms with Crippen LogP contribution in [0.5, 0.6) is 0 Å². The maximum absolute atomic E-state index is 12.7. The molecule has 0 aromatic carbocycles. The fraction of sp³-hybridized carbons (Fsp3) is 0.917. The molecular weight excluding hydrogens is 268 g/mol. The second kappa shape index (κ2) is 6.13. The van der Waals surface area contributed by atoms with Crippen molar-refractivity contribution < 1.29 is 17.9 Å². The van der Waals surface area contributed by atoms with Crippen molar-refractivity contribution in [2.45, 2.75) is 44.0 Å². The van der Waals surface area contributed by atoms with E-state index in [0.717, 1.165) is 12.8 Å². The van der Waals surface area contributed by atoms with Gasteiger partial charge < -0.3 is 4.74 Å². The van der Waals surface area contributed by atoms with Crippen molar-refractivity contribution in [3.63, 3.8) is 0 Å². The SMILES string of the molecule is CC1CCCN(S(=O)(=O)C2CCOCC2)C1N=C=O. The molecule has 19 heavy (non-hydrogen) atoms. The normalized spacial score (nSPS) is 30.8. The summed E-state index contributed by atoms with van der Waals surface area (Å²) in [4.78, 5) is 14.3. The monoisotopic (exact) mass is 288 g/mol. The minimum Gasteiger partial charge on any atom is -0.381 e. The number of sulfonamides is 1. The summed E-state index contributed by atoms with van der Waals surface area (Å²) in [6.07, 6.45) is 3.67. The number of nitrogens with zero attached hydrogens (tertiary/aromatic N) is 2. The Kier molecular flexibility index (Phi) is 4.73. The Bertz CT molecular complexity index is 452. The lowest BCUT2D eigenvalue weighted by molar-refractivity contribution is 0.0954. The number of hydrogen-bond acceptors (Lipinski definition) is 5. The Morgan fingerprint density at radius 1 is 1.26 bits per heavy atom. The first-order chi connectivity index (χ1) is 9.07. The van der Waals surface area contributed by atoms with Gasteiger partial charge in [-0.05, 0) is 31.6 Å². The van der Waals surface area contributed by atoms with Crippen molar-refractivity contribution in [3.8, 4) is 0 Å². The lowest BCUT2D eigenvalue weighted by atomic mass is 9.98. The second-order valence-electron chi connectivity index (χ2n) is 5.22. The van der Waals surface area contributed by atoms with E-state index in [-0.39, 0.29) is 5.92 Å². The van der Waals surface area contributed by atoms with Crippen LogP contribution >= 0.6 is 0 Å². The maximum atomic E-state index is 12.7. The first kappa shape index (κ1) is 14.7. The van der Waals surface area contributed by atoms with Crippen molar-refractivity contribution in [2.75, 3.05) is 19.8 Å². The predicted octanol–water partition coefficient (Wildman–Crippen LogP) is 0.889. The number of carbonyl (C=O) groups excluding carboxylic acids is 1. The Balaban J connectivity index is 2.23. The molecule has 0 N–H and O–H groups in total. The minimum atomic E-state index is -3.41. The molecule has 2 aliphatic heterocycles. The molecule has 0 bridgehead atoms. The number of isocyanates is 1. The molecular formula is C12H20N2O4S. The van der Waals surface area contributed by atoms with Gasteiger partial charge in [-0.25, -0.2) is 13.2 Å². The van der Waals surface area contributed by atoms with Gasteiger partial charge in [0.05, 0.1) is 5.25 Å². The molecule has 2 unspecified atom stereocenters. The Morgan fingerprint density at radius 2 is 1.95 bits per heavy atom. The van der Waals surface area contributed by atoms with Gasteiger partial charge in [0.2, 0.25) is 16.1 Å². The van der Waals surface area contributed by atoms with Crippen LogP contribution in [0.3, 0.4) is 0 Å². The Morgan fingerprint density at radius 3 is 2.58 bits per heavy atom. The average molecular weight is 288 g/mol. The van der Waals surface area contributed by atoms with Crippen molar-refractivity contribution >= 4 is 16.1 Å². The zero-order valence-corrected chi connectivity index (χ0v) is 11.9. The average Bonchev–Trinajstić information content (AvgIpc) is 2.42. The van der Waals surface area contributed by atoms with Gasteiger partial charge in [0.1, 0.15) is 6.17 Å². The van der Waals surface area contributed by atoms with Crippen LogP contribution in [0.15, 0.2) is 4.99 Å². The zero-order valence-electron chi connectivity index (χ0n) is 11.1. The van der Waals surface area contributed by atoms with E-state index in [1.165, 1.54) is 10.4 Å². The summed E-state index contributed by atoms with van der Waals surface area (Å²) >= 11 is 0. The molecule has 0 radical (unpaired) electrons. The highest BCUT2D eigenvalue weighted by Crippen LogP contribution is 2.30. The Labute approximate surface area is 113 Å². The van der Waals surface area contributed by atoms with Crippen LogP contribution in [0.25, 0.3) is 0 Å². The molecule has 0 spiro atoms. The highest BCUT2D eigenvalue weighted by Gasteiger charge is 2.41. The van der Waals surface area contributed by atoms with Crippen LogP contribution in [0.2, 0.25) is 0 Å². The molecule has 0 amide bonds. The van der Waals surface area contributed by atoms with Crippen molar-refractivity contribution in [1.29, 1.82) is 0 Å². The maximum Gasteiger partial charge on any atom is 0.236 e. The molecule has 108 valence electrons. The third kappa shape index (κ3) is 3.05. The molecule has 2 rings (SSSR count). The largest absolute Gasteiger partial charge is 0.381 e. The van der Waals surface area contributed by atoms with E-state index in [4.69, 9.17) is 4.74 Å². The number of aliphatic imine (C=N–C) groups is 1. The van der Waals surface area contributed by atoms with Crippen LogP contribution in [-0.2, 0) is 19.6 Å². The van der Waals surface area contributed by atoms with Crippen molar-refractivity contribution in [3.05, 3.63) is 0 Å². The van der Waals surface area contributed by atoms with Crippen LogP contribution < -0.4 is 0 Å². The summed E-state index contributed by atoms with van der Waals surface area (Å²) in [5, 5.41) is -0.407. The van der Waals surface area contributed by atoms with E-state index >= 15 is 0 Å². The van der Waals surface area contributed by atoms with E-state index in [1.54, 1.807) is 0 Å². The molecule has 0 aromatic heterocycles. The number of rotatable bonds is 3. The smallest absolute Gasteiger partial charge is 0.236 e. The van der Waals surface area contributed by atoms with E-state index in [9.17, 15) is 13.2 Å². The summed E-state index contributed by atoms with van der Waals surface area (Å²) in [5.41, 5.74) is 0. The number of ether oxygens (including phenoxy) is 1. The van der Waals surface area contributed by atoms with Gasteiger partial charge in [-0.1, -0.05) is 6.92 Å². The van der Waals surface area contributed by atoms with Gasteiger partial charge in [-0.3, -0.25) is 0 Å². The summed E-state index contributed by atoms with van der Waals surface area (Å²) in [6.45, 7) is 3.33. The molecule has 2 heterocycles. The third-order valence-corrected chi connectivity index (χ3v) is 6.31. The zero-order chi connectivity index (χ0) is 13.9. The van der Waals surface area contributed by atoms with Gasteiger partial charge in [-0.2, -0.15) is 9.30 Å². The number of piperidine rings is 1. The first-order valence-corrected chi connectivity index (χ1v) is 8.23. The Hall–Kier alpha value is -0.750. The molecule has 0 aromatic rings. The summed E-state index contributed by atoms with van der Waals surface area (Å²) in [5.74, 6) is 0.0600. The van der Waals surface area contributed by atoms with Crippen LogP contribution in [0.1, 0.15) is 32.6 Å². The lowest BCUT2D eigenvalue weighted by Crippen LogP contribution is -2.50. The van der Waals surface area contributed by atoms with Gasteiger partial charge in [0.15, 0.2) is 0 Å². The lowest BCUT2D eigenvalue weighted by Gasteiger charge is -2.38. The van der Waals surface area contributed by atoms with E-state index < -0.39 is 21.4 Å². The van der Waals surface area contributed by atoms with Gasteiger partial charge >= 0.3 is 0 Å². The molecule has 0 saturated carbocycles. The standard InChI is InChI=1S/C12H20N2O4S/c1-10-3-2-6-14(12(10)13-9-15)19(16,17)11-4-7-18-8-5-11/h10-12H,2-8H2,1H3. The van der Waals surface area contributed by atoms with Gasteiger partial charge in [0.25, 0.3) is 0 Å². The quantitative estimate of drug-likeness (QED) is 0.571. The number of hydrogen-bond donors (Lipinski definition) is 0. The van der Waals surface area contributed by atoms with Crippen molar-refractivity contribution in [2.24, 2.45) is 10.9 Å². The second-order valence-corrected chi connectivity index (χ2v) is 7.39. The highest BCUT2D eigenvalue weighted by atomic mass is 32.2. The molecule has 2 aliphatic rings. The molecule has 0 aliphatic carbocycles. The van der Waals surface area contributed by atoms with Crippen LogP contribution in [0.4, 0.5) is 0 Å². The third-order valence-electron chi connectivity index (χ3n) is 3.94. The van der Waals surface area contributed by atoms with Crippen molar-refractivity contribution in [1.82, 2.24) is 4.31 Å². The predicted molar refractivity (Wildman–Crippen MR) is 69.8 cm³/mol. The van der Waals surface area contributed by atoms with Crippen LogP contribution in [-0.4, -0.2) is 50.0 Å². The van der Waals surface area contributed by atoms with E-state index in [0.29, 0.717) is 32.6 Å². The fourth-order valence-electron chi connectivity index (χ4n) is 2.82. The van der Waals surface area contributed by atoms with E-state index in [1.807, 2.05) is 6.92 Å². The summed E-state index contributed by atoms with van der Waals surface area (Å²) < 4.78 is 31.9. The van der Waals surface area contributed by atoms with Gasteiger partial charge in [0, 0.05) is 19.8 Å². The summed E-state index contributed by atoms with van der Waals surface area (Å²) in [7, 11) is -3.41. The van der Waals surface area contributed by atoms with Crippen LogP contribution in [0, 0.1) is 5.92 Å². The topological polar surface area (TPSA) is 76.0 Å². The molecule has 2 saturated heterocycles. The molecule has 7 heteroatoms. The first-order valence-electron chi connectivity index (χ1n) is 6.72. The fourth-order valence-corrected chi connectivity index (χ4v) is 4.93. The molecule has 2 atom stereocenters. The molecule has 6 nitrogen and oxygen atoms in total. The minimum absolute atomic E-state index is 0.0600.